The van der Waals surface area contributed by atoms with Crippen molar-refractivity contribution < 1.29 is 34.3 Å². The lowest BCUT2D eigenvalue weighted by Gasteiger charge is -2.01. The predicted molar refractivity (Wildman–Crippen MR) is 31.1 cm³/mol. The zero-order valence-electron chi connectivity index (χ0n) is 5.04. The van der Waals surface area contributed by atoms with Crippen LogP contribution >= 0.6 is 7.82 Å². The summed E-state index contributed by atoms with van der Waals surface area (Å²) in [6, 6.07) is -1.17. The minimum atomic E-state index is -4.63. The first-order valence-corrected chi connectivity index (χ1v) is 3.44. The van der Waals surface area contributed by atoms with Crippen molar-refractivity contribution in [1.29, 1.82) is 0 Å². The lowest BCUT2D eigenvalue weighted by Crippen LogP contribution is -2.28. The molecule has 0 unspecified atom stereocenters. The van der Waals surface area contributed by atoms with E-state index in [-0.39, 0.29) is 0 Å². The van der Waals surface area contributed by atoms with Gasteiger partial charge >= 0.3 is 13.9 Å². The smallest absolute Gasteiger partial charge is 0.350 e. The Kier molecular flexibility index (Phi) is 7.10. The van der Waals surface area contributed by atoms with Gasteiger partial charge in [-0.2, -0.15) is 4.62 Å². The van der Waals surface area contributed by atoms with Gasteiger partial charge in [0.15, 0.2) is 0 Å². The Hall–Kier alpha value is -0.700. The van der Waals surface area contributed by atoms with Crippen LogP contribution in [-0.4, -0.2) is 26.3 Å². The molecule has 0 aromatic rings. The standard InChI is InChI=1S/CH5N2O5P.H2O2/c2-1(4)3-8-9(5,6)7;1-2/h(H3,2,3,4)(H2,5,6,7);1-2H. The van der Waals surface area contributed by atoms with Gasteiger partial charge in [0.25, 0.3) is 0 Å². The molecule has 11 heavy (non-hydrogen) atoms. The molecule has 0 aliphatic carbocycles. The maximum absolute atomic E-state index is 9.74. The summed E-state index contributed by atoms with van der Waals surface area (Å²) in [5, 5.41) is 12.0. The lowest BCUT2D eigenvalue weighted by atomic mass is 11.2. The van der Waals surface area contributed by atoms with E-state index in [4.69, 9.17) is 20.3 Å². The molecule has 0 rings (SSSR count). The van der Waals surface area contributed by atoms with Crippen LogP contribution in [0.15, 0.2) is 0 Å². The molecule has 0 aliphatic heterocycles. The Bertz CT molecular complexity index is 151. The predicted octanol–water partition coefficient (Wildman–Crippen LogP) is -1.30. The summed E-state index contributed by atoms with van der Waals surface area (Å²) in [7, 11) is -4.63. The van der Waals surface area contributed by atoms with Crippen LogP contribution in [0, 0.1) is 0 Å². The molecule has 0 aromatic carbocycles. The molecule has 0 bridgehead atoms. The minimum absolute atomic E-state index is 1.17. The third kappa shape index (κ3) is 17.6. The quantitative estimate of drug-likeness (QED) is 0.179. The molecule has 10 heteroatoms. The van der Waals surface area contributed by atoms with Crippen molar-refractivity contribution >= 4 is 13.9 Å². The fourth-order valence-electron chi connectivity index (χ4n) is 0.104. The van der Waals surface area contributed by atoms with E-state index in [0.717, 1.165) is 0 Å². The summed E-state index contributed by atoms with van der Waals surface area (Å²) in [6.45, 7) is 0. The molecular formula is CH7N2O7P. The molecular weight excluding hydrogens is 183 g/mol. The zero-order valence-corrected chi connectivity index (χ0v) is 5.93. The third-order valence-electron chi connectivity index (χ3n) is 0.265. The molecule has 0 atom stereocenters. The second-order valence-electron chi connectivity index (χ2n) is 1.05. The van der Waals surface area contributed by atoms with Crippen molar-refractivity contribution in [2.24, 2.45) is 5.73 Å². The van der Waals surface area contributed by atoms with E-state index in [1.165, 1.54) is 5.48 Å². The van der Waals surface area contributed by atoms with Gasteiger partial charge in [-0.1, -0.05) is 0 Å². The number of hydrogen-bond acceptors (Lipinski definition) is 5. The van der Waals surface area contributed by atoms with E-state index in [1.807, 2.05) is 0 Å². The summed E-state index contributed by atoms with van der Waals surface area (Å²) in [4.78, 5) is 25.5. The first kappa shape index (κ1) is 12.9. The molecule has 0 aromatic heterocycles. The highest BCUT2D eigenvalue weighted by Gasteiger charge is 2.14. The first-order chi connectivity index (χ1) is 4.92. The number of nitrogens with one attached hydrogen (secondary N) is 1. The highest BCUT2D eigenvalue weighted by Crippen LogP contribution is 2.33. The van der Waals surface area contributed by atoms with Gasteiger partial charge in [-0.3, -0.25) is 10.5 Å². The number of rotatable bonds is 2. The van der Waals surface area contributed by atoms with Gasteiger partial charge in [0, 0.05) is 0 Å². The Labute approximate surface area is 60.5 Å². The van der Waals surface area contributed by atoms with E-state index in [0.29, 0.717) is 0 Å². The highest BCUT2D eigenvalue weighted by atomic mass is 31.2. The number of phosphoric acid groups is 1. The van der Waals surface area contributed by atoms with Gasteiger partial charge in [0.05, 0.1) is 0 Å². The summed E-state index contributed by atoms with van der Waals surface area (Å²) in [6.07, 6.45) is 0. The fourth-order valence-corrected chi connectivity index (χ4v) is 0.313. The Balaban J connectivity index is 0. The number of carbonyl (C=O) groups is 1. The molecule has 0 saturated carbocycles. The Morgan fingerprint density at radius 3 is 1.91 bits per heavy atom. The summed E-state index contributed by atoms with van der Waals surface area (Å²) in [5.74, 6) is 0. The fraction of sp³-hybridized carbons (Fsp3) is 0. The highest BCUT2D eigenvalue weighted by molar-refractivity contribution is 7.46. The second-order valence-corrected chi connectivity index (χ2v) is 2.21. The topological polar surface area (TPSA) is 162 Å². The van der Waals surface area contributed by atoms with Gasteiger partial charge in [-0.25, -0.2) is 14.8 Å². The molecule has 7 N–H and O–H groups in total. The van der Waals surface area contributed by atoms with Crippen LogP contribution in [0.1, 0.15) is 0 Å². The van der Waals surface area contributed by atoms with Crippen molar-refractivity contribution in [2.45, 2.75) is 0 Å². The molecule has 0 heterocycles. The van der Waals surface area contributed by atoms with E-state index in [9.17, 15) is 9.36 Å². The van der Waals surface area contributed by atoms with Crippen LogP contribution in [0.25, 0.3) is 0 Å². The monoisotopic (exact) mass is 190 g/mol. The number of urea groups is 1. The molecule has 0 aliphatic rings. The van der Waals surface area contributed by atoms with Crippen LogP contribution in [0.4, 0.5) is 4.79 Å². The summed E-state index contributed by atoms with van der Waals surface area (Å²) in [5.41, 5.74) is 5.64. The normalized spacial score (nSPS) is 9.45. The zero-order chi connectivity index (χ0) is 9.49. The largest absolute Gasteiger partial charge is 0.491 e. The molecule has 2 amide bonds. The van der Waals surface area contributed by atoms with Crippen LogP contribution < -0.4 is 11.2 Å². The number of amides is 2. The molecule has 0 spiro atoms. The summed E-state index contributed by atoms with van der Waals surface area (Å²) >= 11 is 0. The van der Waals surface area contributed by atoms with Gasteiger partial charge in [-0.15, -0.1) is 0 Å². The molecule has 9 nitrogen and oxygen atoms in total. The Morgan fingerprint density at radius 2 is 1.82 bits per heavy atom. The lowest BCUT2D eigenvalue weighted by molar-refractivity contribution is -0.176. The van der Waals surface area contributed by atoms with Gasteiger partial charge in [0.1, 0.15) is 0 Å². The number of primary amides is 1. The van der Waals surface area contributed by atoms with Crippen molar-refractivity contribution in [3.63, 3.8) is 0 Å². The molecule has 0 fully saturated rings. The maximum Gasteiger partial charge on any atom is 0.491 e. The van der Waals surface area contributed by atoms with E-state index in [2.05, 4.69) is 10.4 Å². The average molecular weight is 190 g/mol. The number of nitrogens with two attached hydrogens (primary N) is 1. The first-order valence-electron chi connectivity index (χ1n) is 1.91. The van der Waals surface area contributed by atoms with E-state index >= 15 is 0 Å². The van der Waals surface area contributed by atoms with Crippen molar-refractivity contribution in [3.05, 3.63) is 0 Å². The van der Waals surface area contributed by atoms with Crippen molar-refractivity contribution in [2.75, 3.05) is 0 Å². The Morgan fingerprint density at radius 1 is 1.45 bits per heavy atom. The van der Waals surface area contributed by atoms with E-state index in [1.54, 1.807) is 0 Å². The number of hydrogen-bond donors (Lipinski definition) is 6. The number of carbonyl (C=O) groups excluding carboxylic acids is 1. The average Bonchev–Trinajstić information content (AvgIpc) is 1.87. The summed E-state index contributed by atoms with van der Waals surface area (Å²) < 4.78 is 13.2. The van der Waals surface area contributed by atoms with Crippen LogP contribution in [0.2, 0.25) is 0 Å². The van der Waals surface area contributed by atoms with Gasteiger partial charge in [0.2, 0.25) is 0 Å². The van der Waals surface area contributed by atoms with Crippen LogP contribution in [0.3, 0.4) is 0 Å². The molecule has 0 radical (unpaired) electrons. The molecule has 68 valence electrons. The van der Waals surface area contributed by atoms with Crippen LogP contribution in [0.5, 0.6) is 0 Å². The van der Waals surface area contributed by atoms with Crippen LogP contribution in [-0.2, 0) is 9.19 Å². The van der Waals surface area contributed by atoms with Crippen molar-refractivity contribution in [3.8, 4) is 0 Å². The van der Waals surface area contributed by atoms with Crippen molar-refractivity contribution in [1.82, 2.24) is 5.48 Å². The van der Waals surface area contributed by atoms with E-state index < -0.39 is 13.9 Å². The number of hydroxylamine groups is 1. The van der Waals surface area contributed by atoms with Gasteiger partial charge < -0.3 is 15.5 Å². The SMILES string of the molecule is NC(=O)NOP(=O)(O)O.OO. The minimum Gasteiger partial charge on any atom is -0.350 e. The second kappa shape index (κ2) is 6.04. The maximum atomic E-state index is 9.74. The molecule has 0 saturated heterocycles. The third-order valence-corrected chi connectivity index (χ3v) is 0.594. The van der Waals surface area contributed by atoms with Gasteiger partial charge in [-0.05, 0) is 0 Å².